The number of rotatable bonds is 6. The third-order valence-electron chi connectivity index (χ3n) is 3.75. The molecule has 0 fully saturated rings. The number of para-hydroxylation sites is 1. The molecule has 0 bridgehead atoms. The van der Waals surface area contributed by atoms with E-state index >= 15 is 0 Å². The van der Waals surface area contributed by atoms with Gasteiger partial charge in [0.1, 0.15) is 12.3 Å². The normalized spacial score (nSPS) is 13.4. The van der Waals surface area contributed by atoms with Crippen LogP contribution in [0.5, 0.6) is 5.75 Å². The Bertz CT molecular complexity index is 879. The number of hydrazone groups is 1. The lowest BCUT2D eigenvalue weighted by Crippen LogP contribution is -2.33. The largest absolute Gasteiger partial charge is 0.441 e. The van der Waals surface area contributed by atoms with Crippen molar-refractivity contribution in [3.63, 3.8) is 0 Å². The van der Waals surface area contributed by atoms with E-state index in [1.54, 1.807) is 11.1 Å². The Hall–Kier alpha value is -3.06. The predicted molar refractivity (Wildman–Crippen MR) is 116 cm³/mol. The van der Waals surface area contributed by atoms with Crippen LogP contribution in [0, 0.1) is 6.92 Å². The molecule has 2 aromatic carbocycles. The van der Waals surface area contributed by atoms with Crippen LogP contribution in [0.15, 0.2) is 77.3 Å². The van der Waals surface area contributed by atoms with Gasteiger partial charge in [-0.05, 0) is 31.2 Å². The number of amidine groups is 1. The van der Waals surface area contributed by atoms with Crippen molar-refractivity contribution in [1.29, 1.82) is 0 Å². The first-order chi connectivity index (χ1) is 13.6. The van der Waals surface area contributed by atoms with Crippen LogP contribution < -0.4 is 10.1 Å². The average molecular weight is 395 g/mol. The monoisotopic (exact) mass is 394 g/mol. The minimum Gasteiger partial charge on any atom is -0.441 e. The van der Waals surface area contributed by atoms with Gasteiger partial charge < -0.3 is 10.1 Å². The van der Waals surface area contributed by atoms with Crippen LogP contribution in [0.2, 0.25) is 0 Å². The molecule has 1 amide bonds. The number of thioether (sulfide) groups is 1. The molecule has 1 N–H and O–H groups in total. The first-order valence-corrected chi connectivity index (χ1v) is 9.85. The molecule has 6 nitrogen and oxygen atoms in total. The predicted octanol–water partition coefficient (Wildman–Crippen LogP) is 3.92. The summed E-state index contributed by atoms with van der Waals surface area (Å²) in [7, 11) is 0. The van der Waals surface area contributed by atoms with E-state index in [1.807, 2.05) is 61.5 Å². The van der Waals surface area contributed by atoms with Crippen LogP contribution in [0.1, 0.15) is 5.56 Å². The molecule has 2 aromatic rings. The van der Waals surface area contributed by atoms with Crippen molar-refractivity contribution in [3.05, 3.63) is 72.8 Å². The molecule has 1 aliphatic heterocycles. The fraction of sp³-hybridized carbons (Fsp3) is 0.190. The number of nitrogens with zero attached hydrogens (tertiary/aromatic N) is 3. The van der Waals surface area contributed by atoms with Crippen molar-refractivity contribution in [2.45, 2.75) is 6.92 Å². The summed E-state index contributed by atoms with van der Waals surface area (Å²) >= 11 is 1.27. The lowest BCUT2D eigenvalue weighted by atomic mass is 10.2. The van der Waals surface area contributed by atoms with Gasteiger partial charge in [0.25, 0.3) is 0 Å². The summed E-state index contributed by atoms with van der Waals surface area (Å²) in [6.07, 6.45) is 1.77. The number of hydrogen-bond acceptors (Lipinski definition) is 6. The third-order valence-corrected chi connectivity index (χ3v) is 4.59. The second-order valence-electron chi connectivity index (χ2n) is 6.14. The molecule has 0 unspecified atom stereocenters. The van der Waals surface area contributed by atoms with Crippen molar-refractivity contribution in [3.8, 4) is 5.75 Å². The van der Waals surface area contributed by atoms with Gasteiger partial charge in [0.15, 0.2) is 0 Å². The molecule has 0 saturated heterocycles. The van der Waals surface area contributed by atoms with E-state index in [0.717, 1.165) is 11.3 Å². The molecule has 1 heterocycles. The number of carbonyl (C=O) groups excluding carboxylic acids is 1. The molecular formula is C21H22N4O2S. The van der Waals surface area contributed by atoms with Crippen LogP contribution in [-0.2, 0) is 4.79 Å². The molecule has 3 rings (SSSR count). The Morgan fingerprint density at radius 1 is 1.25 bits per heavy atom. The van der Waals surface area contributed by atoms with E-state index in [0.29, 0.717) is 29.9 Å². The summed E-state index contributed by atoms with van der Waals surface area (Å²) in [5, 5.41) is 9.61. The highest BCUT2D eigenvalue weighted by atomic mass is 32.2. The highest BCUT2D eigenvalue weighted by molar-refractivity contribution is 8.14. The molecule has 0 saturated carbocycles. The second kappa shape index (κ2) is 9.75. The number of aryl methyl sites for hydroxylation is 1. The maximum Gasteiger partial charge on any atom is 0.234 e. The van der Waals surface area contributed by atoms with Crippen LogP contribution in [-0.4, -0.2) is 40.8 Å². The van der Waals surface area contributed by atoms with Gasteiger partial charge in [-0.15, -0.1) is 11.7 Å². The molecule has 7 heteroatoms. The Labute approximate surface area is 169 Å². The number of carbonyl (C=O) groups is 1. The molecule has 144 valence electrons. The summed E-state index contributed by atoms with van der Waals surface area (Å²) in [6, 6.07) is 17.1. The summed E-state index contributed by atoms with van der Waals surface area (Å²) in [4.78, 5) is 16.7. The summed E-state index contributed by atoms with van der Waals surface area (Å²) < 4.78 is 5.86. The Kier molecular flexibility index (Phi) is 6.86. The Morgan fingerprint density at radius 2 is 2.00 bits per heavy atom. The number of amides is 1. The average Bonchev–Trinajstić information content (AvgIpc) is 2.69. The second-order valence-corrected chi connectivity index (χ2v) is 7.08. The zero-order valence-electron chi connectivity index (χ0n) is 15.7. The lowest BCUT2D eigenvalue weighted by molar-refractivity contribution is -0.113. The minimum atomic E-state index is -0.113. The number of aliphatic imine (C=N–C) groups is 1. The number of benzene rings is 2. The highest BCUT2D eigenvalue weighted by Gasteiger charge is 2.18. The minimum absolute atomic E-state index is 0.113. The number of ether oxygens (including phenoxy) is 1. The fourth-order valence-corrected chi connectivity index (χ4v) is 3.11. The van der Waals surface area contributed by atoms with Crippen molar-refractivity contribution < 1.29 is 9.53 Å². The smallest absolute Gasteiger partial charge is 0.234 e. The lowest BCUT2D eigenvalue weighted by Gasteiger charge is -2.23. The van der Waals surface area contributed by atoms with E-state index < -0.39 is 0 Å². The number of anilines is 1. The van der Waals surface area contributed by atoms with Crippen molar-refractivity contribution in [2.75, 3.05) is 24.2 Å². The fourth-order valence-electron chi connectivity index (χ4n) is 2.44. The molecule has 1 aliphatic rings. The standard InChI is InChI=1S/C21H22N4O2S/c1-3-13-25-14-20(27-18-7-5-4-6-8-18)23-21(24-25)28-15-19(26)22-17-11-9-16(2)10-12-17/h3-12H,1,13-15H2,2H3,(H,22,26). The quantitative estimate of drug-likeness (QED) is 0.754. The van der Waals surface area contributed by atoms with Gasteiger partial charge in [-0.3, -0.25) is 9.80 Å². The number of nitrogens with one attached hydrogen (secondary N) is 1. The van der Waals surface area contributed by atoms with Crippen LogP contribution in [0.4, 0.5) is 5.69 Å². The third kappa shape index (κ3) is 5.99. The van der Waals surface area contributed by atoms with Crippen molar-refractivity contribution in [1.82, 2.24) is 5.01 Å². The molecule has 0 aliphatic carbocycles. The van der Waals surface area contributed by atoms with Gasteiger partial charge in [-0.1, -0.05) is 53.7 Å². The highest BCUT2D eigenvalue weighted by Crippen LogP contribution is 2.16. The van der Waals surface area contributed by atoms with Crippen molar-refractivity contribution >= 4 is 34.4 Å². The summed E-state index contributed by atoms with van der Waals surface area (Å²) in [5.41, 5.74) is 1.91. The Balaban J connectivity index is 1.61. The molecule has 0 aromatic heterocycles. The molecule has 0 radical (unpaired) electrons. The first-order valence-electron chi connectivity index (χ1n) is 8.86. The van der Waals surface area contributed by atoms with Crippen LogP contribution >= 0.6 is 11.8 Å². The Morgan fingerprint density at radius 3 is 2.71 bits per heavy atom. The molecular weight excluding hydrogens is 372 g/mol. The molecule has 0 spiro atoms. The number of hydrogen-bond donors (Lipinski definition) is 1. The van der Waals surface area contributed by atoms with Crippen LogP contribution in [0.3, 0.4) is 0 Å². The van der Waals surface area contributed by atoms with E-state index in [-0.39, 0.29) is 11.7 Å². The van der Waals surface area contributed by atoms with Gasteiger partial charge in [0.05, 0.1) is 12.3 Å². The summed E-state index contributed by atoms with van der Waals surface area (Å²) in [6.45, 7) is 6.77. The van der Waals surface area contributed by atoms with E-state index in [2.05, 4.69) is 22.0 Å². The van der Waals surface area contributed by atoms with Gasteiger partial charge in [0, 0.05) is 5.69 Å². The maximum atomic E-state index is 12.2. The van der Waals surface area contributed by atoms with Crippen LogP contribution in [0.25, 0.3) is 0 Å². The SMILES string of the molecule is C=CCN1CC(Oc2ccccc2)=NC(SCC(=O)Nc2ccc(C)cc2)=N1. The molecule has 28 heavy (non-hydrogen) atoms. The van der Waals surface area contributed by atoms with Gasteiger partial charge in [-0.2, -0.15) is 4.99 Å². The van der Waals surface area contributed by atoms with Gasteiger partial charge >= 0.3 is 0 Å². The van der Waals surface area contributed by atoms with Gasteiger partial charge in [0.2, 0.25) is 17.0 Å². The first kappa shape index (κ1) is 19.7. The van der Waals surface area contributed by atoms with E-state index in [9.17, 15) is 4.79 Å². The zero-order valence-corrected chi connectivity index (χ0v) is 16.5. The van der Waals surface area contributed by atoms with Crippen molar-refractivity contribution in [2.24, 2.45) is 10.1 Å². The van der Waals surface area contributed by atoms with E-state index in [1.165, 1.54) is 11.8 Å². The van der Waals surface area contributed by atoms with Gasteiger partial charge in [-0.25, -0.2) is 0 Å². The molecule has 0 atom stereocenters. The maximum absolute atomic E-state index is 12.2. The topological polar surface area (TPSA) is 66.3 Å². The zero-order chi connectivity index (χ0) is 19.8. The summed E-state index contributed by atoms with van der Waals surface area (Å²) in [5.74, 6) is 1.34. The van der Waals surface area contributed by atoms with E-state index in [4.69, 9.17) is 4.74 Å².